The minimum absolute atomic E-state index is 0.404. The van der Waals surface area contributed by atoms with Crippen LogP contribution in [0.15, 0.2) is 35.2 Å². The van der Waals surface area contributed by atoms with Gasteiger partial charge in [0.25, 0.3) is 0 Å². The zero-order valence-electron chi connectivity index (χ0n) is 11.6. The van der Waals surface area contributed by atoms with Crippen LogP contribution in [0, 0.1) is 6.92 Å². The van der Waals surface area contributed by atoms with Crippen molar-refractivity contribution < 1.29 is 14.6 Å². The average molecular weight is 324 g/mol. The Kier molecular flexibility index (Phi) is 5.09. The number of thioether (sulfide) groups is 1. The van der Waals surface area contributed by atoms with Crippen LogP contribution in [0.4, 0.5) is 0 Å². The molecule has 0 unspecified atom stereocenters. The van der Waals surface area contributed by atoms with Crippen molar-refractivity contribution in [3.05, 3.63) is 41.0 Å². The summed E-state index contributed by atoms with van der Waals surface area (Å²) in [7, 11) is 0. The molecule has 1 heterocycles. The molecular formula is C15H14ClNO3S. The van der Waals surface area contributed by atoms with E-state index in [9.17, 15) is 4.79 Å². The number of aryl methyl sites for hydroxylation is 1. The highest BCUT2D eigenvalue weighted by Gasteiger charge is 2.13. The largest absolute Gasteiger partial charge is 0.480 e. The Morgan fingerprint density at radius 2 is 2.14 bits per heavy atom. The molecule has 0 saturated carbocycles. The number of benzene rings is 1. The summed E-state index contributed by atoms with van der Waals surface area (Å²) in [5.41, 5.74) is 2.07. The minimum Gasteiger partial charge on any atom is -0.480 e. The molecule has 0 radical (unpaired) electrons. The van der Waals surface area contributed by atoms with Gasteiger partial charge in [0.05, 0.1) is 5.02 Å². The van der Waals surface area contributed by atoms with E-state index in [1.54, 1.807) is 23.9 Å². The molecule has 4 nitrogen and oxygen atoms in total. The van der Waals surface area contributed by atoms with E-state index >= 15 is 0 Å². The van der Waals surface area contributed by atoms with Crippen molar-refractivity contribution in [2.75, 3.05) is 12.9 Å². The molecule has 0 spiro atoms. The van der Waals surface area contributed by atoms with Crippen LogP contribution in [0.3, 0.4) is 0 Å². The number of carbonyl (C=O) groups is 1. The van der Waals surface area contributed by atoms with Gasteiger partial charge < -0.3 is 9.84 Å². The van der Waals surface area contributed by atoms with Crippen LogP contribution >= 0.6 is 23.4 Å². The Labute approximate surface area is 132 Å². The number of nitrogens with zero attached hydrogens (tertiary/aromatic N) is 1. The predicted molar refractivity (Wildman–Crippen MR) is 84.3 cm³/mol. The van der Waals surface area contributed by atoms with Gasteiger partial charge in [0.2, 0.25) is 0 Å². The van der Waals surface area contributed by atoms with E-state index in [0.717, 1.165) is 16.2 Å². The molecule has 2 rings (SSSR count). The van der Waals surface area contributed by atoms with Crippen LogP contribution < -0.4 is 4.74 Å². The van der Waals surface area contributed by atoms with Gasteiger partial charge in [-0.1, -0.05) is 17.7 Å². The molecule has 0 aliphatic rings. The number of aromatic nitrogens is 1. The summed E-state index contributed by atoms with van der Waals surface area (Å²) in [4.78, 5) is 16.1. The normalized spacial score (nSPS) is 10.4. The lowest BCUT2D eigenvalue weighted by Gasteiger charge is -2.12. The lowest BCUT2D eigenvalue weighted by atomic mass is 10.1. The number of carboxylic acid groups (broad SMARTS) is 1. The average Bonchev–Trinajstić information content (AvgIpc) is 2.45. The van der Waals surface area contributed by atoms with Crippen molar-refractivity contribution in [3.8, 4) is 17.0 Å². The Morgan fingerprint density at radius 3 is 2.76 bits per heavy atom. The van der Waals surface area contributed by atoms with Crippen LogP contribution in [-0.4, -0.2) is 28.9 Å². The van der Waals surface area contributed by atoms with Gasteiger partial charge in [-0.25, -0.2) is 9.78 Å². The second kappa shape index (κ2) is 6.83. The number of aliphatic carboxylic acids is 1. The summed E-state index contributed by atoms with van der Waals surface area (Å²) >= 11 is 7.90. The number of pyridine rings is 1. The third-order valence-corrected chi connectivity index (χ3v) is 3.82. The second-order valence-corrected chi connectivity index (χ2v) is 5.61. The van der Waals surface area contributed by atoms with E-state index in [-0.39, 0.29) is 0 Å². The quantitative estimate of drug-likeness (QED) is 0.846. The summed E-state index contributed by atoms with van der Waals surface area (Å²) in [6.07, 6.45) is 1.97. The van der Waals surface area contributed by atoms with E-state index in [0.29, 0.717) is 16.5 Å². The topological polar surface area (TPSA) is 59.4 Å². The van der Waals surface area contributed by atoms with Gasteiger partial charge in [-0.2, -0.15) is 0 Å². The first kappa shape index (κ1) is 15.7. The molecule has 0 aliphatic heterocycles. The minimum atomic E-state index is -1.04. The first-order chi connectivity index (χ1) is 10.0. The van der Waals surface area contributed by atoms with Gasteiger partial charge in [0.15, 0.2) is 6.61 Å². The molecule has 0 aliphatic carbocycles. The van der Waals surface area contributed by atoms with E-state index in [4.69, 9.17) is 21.4 Å². The fourth-order valence-corrected chi connectivity index (χ4v) is 2.58. The Balaban J connectivity index is 2.46. The molecule has 6 heteroatoms. The van der Waals surface area contributed by atoms with Gasteiger partial charge >= 0.3 is 5.97 Å². The molecule has 110 valence electrons. The van der Waals surface area contributed by atoms with E-state index in [1.165, 1.54) is 0 Å². The van der Waals surface area contributed by atoms with Gasteiger partial charge in [0.1, 0.15) is 11.4 Å². The standard InChI is InChI=1S/C15H14ClNO3S/c1-9-3-6-13(20-8-14(18)19)15(17-9)11-5-4-10(21-2)7-12(11)16/h3-7H,8H2,1-2H3,(H,18,19). The van der Waals surface area contributed by atoms with Crippen LogP contribution in [-0.2, 0) is 4.79 Å². The molecule has 2 aromatic rings. The summed E-state index contributed by atoms with van der Waals surface area (Å²) in [5.74, 6) is -0.632. The van der Waals surface area contributed by atoms with Crippen molar-refractivity contribution in [1.29, 1.82) is 0 Å². The van der Waals surface area contributed by atoms with Crippen molar-refractivity contribution >= 4 is 29.3 Å². The molecule has 0 amide bonds. The van der Waals surface area contributed by atoms with Crippen LogP contribution in [0.25, 0.3) is 11.3 Å². The number of hydrogen-bond donors (Lipinski definition) is 1. The monoisotopic (exact) mass is 323 g/mol. The molecule has 1 aromatic heterocycles. The fourth-order valence-electron chi connectivity index (χ4n) is 1.81. The van der Waals surface area contributed by atoms with Crippen LogP contribution in [0.5, 0.6) is 5.75 Å². The molecule has 0 bridgehead atoms. The molecule has 0 fully saturated rings. The van der Waals surface area contributed by atoms with Gasteiger partial charge in [-0.05, 0) is 37.4 Å². The lowest BCUT2D eigenvalue weighted by molar-refractivity contribution is -0.139. The molecule has 0 saturated heterocycles. The molecule has 1 N–H and O–H groups in total. The van der Waals surface area contributed by atoms with Crippen LogP contribution in [0.1, 0.15) is 5.69 Å². The zero-order valence-corrected chi connectivity index (χ0v) is 13.2. The maximum atomic E-state index is 10.7. The Morgan fingerprint density at radius 1 is 1.38 bits per heavy atom. The highest BCUT2D eigenvalue weighted by Crippen LogP contribution is 2.35. The number of hydrogen-bond acceptors (Lipinski definition) is 4. The third-order valence-electron chi connectivity index (χ3n) is 2.78. The molecular weight excluding hydrogens is 310 g/mol. The number of rotatable bonds is 5. The Hall–Kier alpha value is -1.72. The van der Waals surface area contributed by atoms with Gasteiger partial charge in [-0.3, -0.25) is 0 Å². The van der Waals surface area contributed by atoms with E-state index in [1.807, 2.05) is 31.4 Å². The molecule has 1 aromatic carbocycles. The summed E-state index contributed by atoms with van der Waals surface area (Å²) < 4.78 is 5.29. The second-order valence-electron chi connectivity index (χ2n) is 4.33. The van der Waals surface area contributed by atoms with Gasteiger partial charge in [-0.15, -0.1) is 11.8 Å². The summed E-state index contributed by atoms with van der Waals surface area (Å²) in [6.45, 7) is 1.44. The van der Waals surface area contributed by atoms with E-state index < -0.39 is 12.6 Å². The van der Waals surface area contributed by atoms with Crippen molar-refractivity contribution in [2.45, 2.75) is 11.8 Å². The molecule has 0 atom stereocenters. The van der Waals surface area contributed by atoms with Gasteiger partial charge in [0, 0.05) is 16.2 Å². The highest BCUT2D eigenvalue weighted by atomic mass is 35.5. The SMILES string of the molecule is CSc1ccc(-c2nc(C)ccc2OCC(=O)O)c(Cl)c1. The first-order valence-corrected chi connectivity index (χ1v) is 7.77. The number of ether oxygens (including phenoxy) is 1. The number of halogens is 1. The molecule has 21 heavy (non-hydrogen) atoms. The van der Waals surface area contributed by atoms with Crippen LogP contribution in [0.2, 0.25) is 5.02 Å². The smallest absolute Gasteiger partial charge is 0.341 e. The Bertz CT molecular complexity index is 676. The fraction of sp³-hybridized carbons (Fsp3) is 0.200. The first-order valence-electron chi connectivity index (χ1n) is 6.17. The number of carboxylic acids is 1. The van der Waals surface area contributed by atoms with Crippen molar-refractivity contribution in [2.24, 2.45) is 0 Å². The maximum Gasteiger partial charge on any atom is 0.341 e. The van der Waals surface area contributed by atoms with E-state index in [2.05, 4.69) is 4.98 Å². The summed E-state index contributed by atoms with van der Waals surface area (Å²) in [6, 6.07) is 9.14. The lowest BCUT2D eigenvalue weighted by Crippen LogP contribution is -2.10. The predicted octanol–water partition coefficient (Wildman–Crippen LogP) is 3.90. The third kappa shape index (κ3) is 3.89. The maximum absolute atomic E-state index is 10.7. The van der Waals surface area contributed by atoms with Crippen molar-refractivity contribution in [1.82, 2.24) is 4.98 Å². The zero-order chi connectivity index (χ0) is 15.4. The summed E-state index contributed by atoms with van der Waals surface area (Å²) in [5, 5.41) is 9.30. The highest BCUT2D eigenvalue weighted by molar-refractivity contribution is 7.98. The van der Waals surface area contributed by atoms with Crippen molar-refractivity contribution in [3.63, 3.8) is 0 Å².